The molecule has 3 nitrogen and oxygen atoms in total. The molecule has 0 aromatic carbocycles. The molecule has 1 spiro atoms. The zero-order valence-corrected chi connectivity index (χ0v) is 12.8. The van der Waals surface area contributed by atoms with Gasteiger partial charge in [-0.2, -0.15) is 0 Å². The Morgan fingerprint density at radius 2 is 1.65 bits per heavy atom. The maximum absolute atomic E-state index is 6.70. The van der Waals surface area contributed by atoms with E-state index in [-0.39, 0.29) is 5.60 Å². The number of hydrogen-bond acceptors (Lipinski definition) is 3. The quantitative estimate of drug-likeness (QED) is 0.845. The molecule has 116 valence electrons. The molecule has 3 unspecified atom stereocenters. The fourth-order valence-electron chi connectivity index (χ4n) is 4.52. The largest absolute Gasteiger partial charge is 0.378 e. The number of hydrogen-bond donors (Lipinski definition) is 1. The van der Waals surface area contributed by atoms with Crippen molar-refractivity contribution >= 4 is 0 Å². The monoisotopic (exact) mass is 281 g/mol. The van der Waals surface area contributed by atoms with Crippen molar-refractivity contribution < 1.29 is 9.47 Å². The molecule has 2 heterocycles. The highest BCUT2D eigenvalue weighted by Gasteiger charge is 2.43. The van der Waals surface area contributed by atoms with Gasteiger partial charge in [-0.1, -0.05) is 32.1 Å². The van der Waals surface area contributed by atoms with Gasteiger partial charge in [-0.25, -0.2) is 0 Å². The molecule has 3 aliphatic rings. The molecule has 2 aliphatic heterocycles. The van der Waals surface area contributed by atoms with Crippen LogP contribution in [0.15, 0.2) is 0 Å². The van der Waals surface area contributed by atoms with Crippen LogP contribution in [-0.4, -0.2) is 31.5 Å². The van der Waals surface area contributed by atoms with E-state index in [0.717, 1.165) is 45.0 Å². The van der Waals surface area contributed by atoms with Crippen LogP contribution < -0.4 is 5.73 Å². The maximum atomic E-state index is 6.70. The minimum atomic E-state index is 0.0160. The van der Waals surface area contributed by atoms with E-state index >= 15 is 0 Å². The van der Waals surface area contributed by atoms with Crippen LogP contribution in [0.3, 0.4) is 0 Å². The summed E-state index contributed by atoms with van der Waals surface area (Å²) in [6.07, 6.45) is 13.1. The highest BCUT2D eigenvalue weighted by molar-refractivity contribution is 4.94. The summed E-state index contributed by atoms with van der Waals surface area (Å²) in [5.74, 6) is 1.40. The lowest BCUT2D eigenvalue weighted by atomic mass is 9.74. The van der Waals surface area contributed by atoms with E-state index in [4.69, 9.17) is 15.2 Å². The standard InChI is InChI=1S/C17H31NO2/c18-16(14-6-4-2-1-3-5-7-14)15-8-10-20-17(12-15)9-11-19-13-17/h14-16H,1-13,18H2. The third-order valence-electron chi connectivity index (χ3n) is 5.84. The molecule has 2 saturated heterocycles. The first-order valence-electron chi connectivity index (χ1n) is 8.76. The highest BCUT2D eigenvalue weighted by atomic mass is 16.6. The summed E-state index contributed by atoms with van der Waals surface area (Å²) in [6.45, 7) is 2.54. The topological polar surface area (TPSA) is 44.5 Å². The van der Waals surface area contributed by atoms with Gasteiger partial charge >= 0.3 is 0 Å². The van der Waals surface area contributed by atoms with Gasteiger partial charge in [0.05, 0.1) is 12.2 Å². The molecule has 0 aromatic rings. The Kier molecular flexibility index (Phi) is 5.00. The summed E-state index contributed by atoms with van der Waals surface area (Å²) >= 11 is 0. The molecular formula is C17H31NO2. The highest BCUT2D eigenvalue weighted by Crippen LogP contribution is 2.39. The average Bonchev–Trinajstić information content (AvgIpc) is 2.86. The van der Waals surface area contributed by atoms with Crippen LogP contribution in [0.2, 0.25) is 0 Å². The normalized spacial score (nSPS) is 38.5. The van der Waals surface area contributed by atoms with Crippen LogP contribution in [0.5, 0.6) is 0 Å². The summed E-state index contributed by atoms with van der Waals surface area (Å²) in [4.78, 5) is 0. The van der Waals surface area contributed by atoms with Gasteiger partial charge in [-0.05, 0) is 37.5 Å². The van der Waals surface area contributed by atoms with E-state index in [9.17, 15) is 0 Å². The Balaban J connectivity index is 1.58. The van der Waals surface area contributed by atoms with E-state index in [1.54, 1.807) is 0 Å². The van der Waals surface area contributed by atoms with E-state index in [1.165, 1.54) is 44.9 Å². The van der Waals surface area contributed by atoms with E-state index < -0.39 is 0 Å². The Morgan fingerprint density at radius 3 is 2.35 bits per heavy atom. The van der Waals surface area contributed by atoms with Crippen molar-refractivity contribution in [3.05, 3.63) is 0 Å². The van der Waals surface area contributed by atoms with Crippen molar-refractivity contribution in [1.29, 1.82) is 0 Å². The molecule has 3 heteroatoms. The van der Waals surface area contributed by atoms with Crippen molar-refractivity contribution in [3.63, 3.8) is 0 Å². The summed E-state index contributed by atoms with van der Waals surface area (Å²) in [5.41, 5.74) is 6.71. The summed E-state index contributed by atoms with van der Waals surface area (Å²) in [6, 6.07) is 0.384. The molecule has 20 heavy (non-hydrogen) atoms. The summed E-state index contributed by atoms with van der Waals surface area (Å²) in [5, 5.41) is 0. The second kappa shape index (κ2) is 6.76. The van der Waals surface area contributed by atoms with Gasteiger partial charge in [-0.15, -0.1) is 0 Å². The second-order valence-electron chi connectivity index (χ2n) is 7.27. The zero-order valence-electron chi connectivity index (χ0n) is 12.8. The fourth-order valence-corrected chi connectivity index (χ4v) is 4.52. The van der Waals surface area contributed by atoms with E-state index in [1.807, 2.05) is 0 Å². The minimum absolute atomic E-state index is 0.0160. The maximum Gasteiger partial charge on any atom is 0.0939 e. The first kappa shape index (κ1) is 14.8. The molecule has 1 aliphatic carbocycles. The van der Waals surface area contributed by atoms with Crippen LogP contribution in [0.25, 0.3) is 0 Å². The first-order valence-corrected chi connectivity index (χ1v) is 8.76. The smallest absolute Gasteiger partial charge is 0.0939 e. The first-order chi connectivity index (χ1) is 9.79. The average molecular weight is 281 g/mol. The number of nitrogens with two attached hydrogens (primary N) is 1. The molecule has 0 amide bonds. The van der Waals surface area contributed by atoms with E-state index in [0.29, 0.717) is 12.0 Å². The Bertz CT molecular complexity index is 293. The third kappa shape index (κ3) is 3.37. The van der Waals surface area contributed by atoms with Crippen LogP contribution in [0.1, 0.15) is 64.2 Å². The molecule has 3 fully saturated rings. The van der Waals surface area contributed by atoms with Crippen LogP contribution in [0.4, 0.5) is 0 Å². The molecule has 0 bridgehead atoms. The van der Waals surface area contributed by atoms with Crippen molar-refractivity contribution in [3.8, 4) is 0 Å². The van der Waals surface area contributed by atoms with Crippen LogP contribution in [-0.2, 0) is 9.47 Å². The summed E-state index contributed by atoms with van der Waals surface area (Å²) in [7, 11) is 0. The lowest BCUT2D eigenvalue weighted by molar-refractivity contribution is -0.104. The molecular weight excluding hydrogens is 250 g/mol. The van der Waals surface area contributed by atoms with E-state index in [2.05, 4.69) is 0 Å². The zero-order chi connectivity index (χ0) is 13.8. The van der Waals surface area contributed by atoms with Gasteiger partial charge in [0, 0.05) is 25.7 Å². The minimum Gasteiger partial charge on any atom is -0.378 e. The van der Waals surface area contributed by atoms with Crippen molar-refractivity contribution in [2.75, 3.05) is 19.8 Å². The molecule has 3 rings (SSSR count). The predicted octanol–water partition coefficient (Wildman–Crippen LogP) is 3.26. The van der Waals surface area contributed by atoms with Crippen LogP contribution in [0, 0.1) is 11.8 Å². The van der Waals surface area contributed by atoms with Crippen molar-refractivity contribution in [1.82, 2.24) is 0 Å². The predicted molar refractivity (Wildman–Crippen MR) is 80.6 cm³/mol. The molecule has 2 N–H and O–H groups in total. The fraction of sp³-hybridized carbons (Fsp3) is 1.00. The third-order valence-corrected chi connectivity index (χ3v) is 5.84. The van der Waals surface area contributed by atoms with Gasteiger partial charge in [0.25, 0.3) is 0 Å². The Morgan fingerprint density at radius 1 is 0.900 bits per heavy atom. The van der Waals surface area contributed by atoms with Gasteiger partial charge < -0.3 is 15.2 Å². The molecule has 3 atom stereocenters. The van der Waals surface area contributed by atoms with Crippen molar-refractivity contribution in [2.24, 2.45) is 17.6 Å². The molecule has 1 saturated carbocycles. The SMILES string of the molecule is NC(C1CCCCCCC1)C1CCOC2(CCOC2)C1. The van der Waals surface area contributed by atoms with Gasteiger partial charge in [-0.3, -0.25) is 0 Å². The van der Waals surface area contributed by atoms with Crippen LogP contribution >= 0.6 is 0 Å². The van der Waals surface area contributed by atoms with Crippen molar-refractivity contribution in [2.45, 2.75) is 75.9 Å². The lowest BCUT2D eigenvalue weighted by Gasteiger charge is -2.41. The number of rotatable bonds is 2. The Hall–Kier alpha value is -0.120. The molecule has 0 aromatic heterocycles. The second-order valence-corrected chi connectivity index (χ2v) is 7.27. The van der Waals surface area contributed by atoms with Gasteiger partial charge in [0.15, 0.2) is 0 Å². The van der Waals surface area contributed by atoms with Gasteiger partial charge in [0.1, 0.15) is 0 Å². The van der Waals surface area contributed by atoms with Gasteiger partial charge in [0.2, 0.25) is 0 Å². The summed E-state index contributed by atoms with van der Waals surface area (Å²) < 4.78 is 11.6. The lowest BCUT2D eigenvalue weighted by Crippen LogP contribution is -2.48. The molecule has 0 radical (unpaired) electrons. The number of ether oxygens (including phenoxy) is 2. The Labute approximate surface area is 123 Å².